The SMILES string of the molecule is O=C(COC(=O)c1cccc(F)c1)NCC(=O)Nc1ccc(F)c(F)c1F. The summed E-state index contributed by atoms with van der Waals surface area (Å²) < 4.78 is 56.9. The second kappa shape index (κ2) is 8.79. The van der Waals surface area contributed by atoms with E-state index in [4.69, 9.17) is 0 Å². The summed E-state index contributed by atoms with van der Waals surface area (Å²) in [6, 6.07) is 6.05. The number of halogens is 4. The average Bonchev–Trinajstić information content (AvgIpc) is 2.65. The van der Waals surface area contributed by atoms with Crippen molar-refractivity contribution in [3.05, 3.63) is 65.2 Å². The summed E-state index contributed by atoms with van der Waals surface area (Å²) in [5.74, 6) is -8.14. The number of nitrogens with one attached hydrogen (secondary N) is 2. The number of anilines is 1. The molecule has 0 saturated heterocycles. The lowest BCUT2D eigenvalue weighted by Gasteiger charge is -2.09. The van der Waals surface area contributed by atoms with Crippen molar-refractivity contribution >= 4 is 23.5 Å². The first kappa shape index (κ1) is 19.9. The maximum absolute atomic E-state index is 13.4. The summed E-state index contributed by atoms with van der Waals surface area (Å²) in [6.45, 7) is -1.39. The van der Waals surface area contributed by atoms with Gasteiger partial charge < -0.3 is 15.4 Å². The normalized spacial score (nSPS) is 10.2. The molecule has 2 aromatic carbocycles. The maximum Gasteiger partial charge on any atom is 0.338 e. The number of carbonyl (C=O) groups excluding carboxylic acids is 3. The van der Waals surface area contributed by atoms with Crippen LogP contribution in [0.3, 0.4) is 0 Å². The predicted molar refractivity (Wildman–Crippen MR) is 84.6 cm³/mol. The number of amides is 2. The van der Waals surface area contributed by atoms with Gasteiger partial charge in [-0.3, -0.25) is 9.59 Å². The van der Waals surface area contributed by atoms with Gasteiger partial charge in [-0.05, 0) is 30.3 Å². The quantitative estimate of drug-likeness (QED) is 0.454. The summed E-state index contributed by atoms with van der Waals surface area (Å²) in [5.41, 5.74) is -0.708. The zero-order valence-electron chi connectivity index (χ0n) is 13.5. The molecule has 0 unspecified atom stereocenters. The number of carbonyl (C=O) groups is 3. The van der Waals surface area contributed by atoms with Gasteiger partial charge in [0.15, 0.2) is 24.1 Å². The molecule has 0 fully saturated rings. The van der Waals surface area contributed by atoms with Gasteiger partial charge in [0.05, 0.1) is 17.8 Å². The fraction of sp³-hybridized carbons (Fsp3) is 0.118. The van der Waals surface area contributed by atoms with Crippen molar-refractivity contribution in [3.63, 3.8) is 0 Å². The highest BCUT2D eigenvalue weighted by Gasteiger charge is 2.16. The van der Waals surface area contributed by atoms with Gasteiger partial charge in [-0.1, -0.05) is 6.07 Å². The molecule has 0 spiro atoms. The lowest BCUT2D eigenvalue weighted by atomic mass is 10.2. The fourth-order valence-electron chi connectivity index (χ4n) is 1.88. The van der Waals surface area contributed by atoms with Crippen LogP contribution in [0, 0.1) is 23.3 Å². The van der Waals surface area contributed by atoms with Crippen molar-refractivity contribution in [1.29, 1.82) is 0 Å². The van der Waals surface area contributed by atoms with Gasteiger partial charge in [-0.2, -0.15) is 0 Å². The monoisotopic (exact) mass is 384 g/mol. The lowest BCUT2D eigenvalue weighted by molar-refractivity contribution is -0.126. The number of hydrogen-bond acceptors (Lipinski definition) is 4. The minimum absolute atomic E-state index is 0.102. The van der Waals surface area contributed by atoms with Gasteiger partial charge in [0, 0.05) is 0 Å². The molecule has 0 aliphatic rings. The average molecular weight is 384 g/mol. The molecule has 0 aromatic heterocycles. The van der Waals surface area contributed by atoms with E-state index in [1.165, 1.54) is 12.1 Å². The van der Waals surface area contributed by atoms with E-state index >= 15 is 0 Å². The Hall–Kier alpha value is -3.43. The smallest absolute Gasteiger partial charge is 0.338 e. The predicted octanol–water partition coefficient (Wildman–Crippen LogP) is 2.15. The number of esters is 1. The Labute approximate surface area is 150 Å². The van der Waals surface area contributed by atoms with Gasteiger partial charge in [0.2, 0.25) is 5.91 Å². The molecule has 27 heavy (non-hydrogen) atoms. The van der Waals surface area contributed by atoms with E-state index in [2.05, 4.69) is 10.1 Å². The second-order valence-corrected chi connectivity index (χ2v) is 5.13. The number of ether oxygens (including phenoxy) is 1. The Bertz CT molecular complexity index is 889. The van der Waals surface area contributed by atoms with Crippen molar-refractivity contribution < 1.29 is 36.7 Å². The first-order valence-electron chi connectivity index (χ1n) is 7.40. The Morgan fingerprint density at radius 2 is 1.67 bits per heavy atom. The first-order valence-corrected chi connectivity index (χ1v) is 7.40. The van der Waals surface area contributed by atoms with Crippen LogP contribution >= 0.6 is 0 Å². The van der Waals surface area contributed by atoms with Crippen LogP contribution in [0.25, 0.3) is 0 Å². The molecule has 0 aliphatic carbocycles. The molecule has 0 bridgehead atoms. The van der Waals surface area contributed by atoms with Crippen LogP contribution in [0.4, 0.5) is 23.2 Å². The zero-order chi connectivity index (χ0) is 20.0. The van der Waals surface area contributed by atoms with Gasteiger partial charge in [-0.15, -0.1) is 0 Å². The van der Waals surface area contributed by atoms with E-state index in [1.54, 1.807) is 0 Å². The third kappa shape index (κ3) is 5.53. The van der Waals surface area contributed by atoms with Gasteiger partial charge in [-0.25, -0.2) is 22.4 Å². The summed E-state index contributed by atoms with van der Waals surface area (Å²) in [7, 11) is 0. The molecule has 2 aromatic rings. The van der Waals surface area contributed by atoms with Crippen LogP contribution in [-0.4, -0.2) is 30.9 Å². The Morgan fingerprint density at radius 1 is 0.926 bits per heavy atom. The summed E-state index contributed by atoms with van der Waals surface area (Å²) >= 11 is 0. The van der Waals surface area contributed by atoms with Crippen LogP contribution in [0.15, 0.2) is 36.4 Å². The Balaban J connectivity index is 1.79. The van der Waals surface area contributed by atoms with E-state index in [1.807, 2.05) is 5.32 Å². The molecule has 6 nitrogen and oxygen atoms in total. The van der Waals surface area contributed by atoms with Crippen LogP contribution in [0.2, 0.25) is 0 Å². The van der Waals surface area contributed by atoms with E-state index < -0.39 is 59.9 Å². The molecular weight excluding hydrogens is 372 g/mol. The summed E-state index contributed by atoms with van der Waals surface area (Å²) in [6.07, 6.45) is 0. The number of hydrogen-bond donors (Lipinski definition) is 2. The minimum atomic E-state index is -1.75. The summed E-state index contributed by atoms with van der Waals surface area (Å²) in [4.78, 5) is 34.8. The minimum Gasteiger partial charge on any atom is -0.452 e. The summed E-state index contributed by atoms with van der Waals surface area (Å²) in [5, 5.41) is 4.02. The van der Waals surface area contributed by atoms with Crippen LogP contribution in [-0.2, 0) is 14.3 Å². The maximum atomic E-state index is 13.4. The van der Waals surface area contributed by atoms with Crippen molar-refractivity contribution in [2.45, 2.75) is 0 Å². The highest BCUT2D eigenvalue weighted by molar-refractivity contribution is 5.95. The van der Waals surface area contributed by atoms with E-state index in [0.29, 0.717) is 6.07 Å². The Morgan fingerprint density at radius 3 is 2.37 bits per heavy atom. The standard InChI is InChI=1S/C17H12F4N2O4/c18-10-3-1-2-9(6-10)17(26)27-8-14(25)22-7-13(24)23-12-5-4-11(19)15(20)16(12)21/h1-6H,7-8H2,(H,22,25)(H,23,24). The van der Waals surface area contributed by atoms with Crippen LogP contribution in [0.1, 0.15) is 10.4 Å². The van der Waals surface area contributed by atoms with Gasteiger partial charge >= 0.3 is 5.97 Å². The molecule has 0 saturated carbocycles. The molecule has 2 amide bonds. The molecule has 0 atom stereocenters. The second-order valence-electron chi connectivity index (χ2n) is 5.13. The molecule has 0 heterocycles. The fourth-order valence-corrected chi connectivity index (χ4v) is 1.88. The highest BCUT2D eigenvalue weighted by atomic mass is 19.2. The largest absolute Gasteiger partial charge is 0.452 e. The lowest BCUT2D eigenvalue weighted by Crippen LogP contribution is -2.35. The van der Waals surface area contributed by atoms with Crippen molar-refractivity contribution in [1.82, 2.24) is 5.32 Å². The molecule has 2 rings (SSSR count). The van der Waals surface area contributed by atoms with Crippen molar-refractivity contribution in [2.24, 2.45) is 0 Å². The van der Waals surface area contributed by atoms with E-state index in [-0.39, 0.29) is 5.56 Å². The molecule has 2 N–H and O–H groups in total. The van der Waals surface area contributed by atoms with Crippen molar-refractivity contribution in [2.75, 3.05) is 18.5 Å². The first-order chi connectivity index (χ1) is 12.8. The molecule has 0 aliphatic heterocycles. The molecule has 0 radical (unpaired) electrons. The van der Waals surface area contributed by atoms with Gasteiger partial charge in [0.1, 0.15) is 5.82 Å². The number of benzene rings is 2. The van der Waals surface area contributed by atoms with E-state index in [9.17, 15) is 31.9 Å². The third-order valence-electron chi connectivity index (χ3n) is 3.15. The molecular formula is C17H12F4N2O4. The van der Waals surface area contributed by atoms with Gasteiger partial charge in [0.25, 0.3) is 5.91 Å². The highest BCUT2D eigenvalue weighted by Crippen LogP contribution is 2.19. The number of rotatable bonds is 6. The third-order valence-corrected chi connectivity index (χ3v) is 3.15. The zero-order valence-corrected chi connectivity index (χ0v) is 13.5. The van der Waals surface area contributed by atoms with Crippen molar-refractivity contribution in [3.8, 4) is 0 Å². The Kier molecular flexibility index (Phi) is 6.47. The van der Waals surface area contributed by atoms with E-state index in [0.717, 1.165) is 18.2 Å². The van der Waals surface area contributed by atoms with Crippen LogP contribution in [0.5, 0.6) is 0 Å². The molecule has 142 valence electrons. The van der Waals surface area contributed by atoms with Crippen LogP contribution < -0.4 is 10.6 Å². The topological polar surface area (TPSA) is 84.5 Å². The molecule has 10 heteroatoms.